The highest BCUT2D eigenvalue weighted by Crippen LogP contribution is 2.22. The molecule has 0 atom stereocenters. The molecule has 3 rings (SSSR count). The van der Waals surface area contributed by atoms with Crippen molar-refractivity contribution in [3.8, 4) is 0 Å². The maximum atomic E-state index is 13.6. The van der Waals surface area contributed by atoms with E-state index in [1.54, 1.807) is 17.0 Å². The summed E-state index contributed by atoms with van der Waals surface area (Å²) >= 11 is 0. The maximum Gasteiger partial charge on any atom is 0.201 e. The first-order valence-corrected chi connectivity index (χ1v) is 6.15. The monoisotopic (exact) mass is 274 g/mol. The molecule has 0 aliphatic carbocycles. The normalized spacial score (nSPS) is 11.1. The lowest BCUT2D eigenvalue weighted by atomic mass is 10.2. The average Bonchev–Trinajstić information content (AvgIpc) is 2.74. The SMILES string of the molecule is Nc1nc2c(F)cc(F)cc2n1CCc1ccncc1. The summed E-state index contributed by atoms with van der Waals surface area (Å²) in [5.74, 6) is -1.16. The highest BCUT2D eigenvalue weighted by molar-refractivity contribution is 5.79. The van der Waals surface area contributed by atoms with Gasteiger partial charge in [0.15, 0.2) is 5.82 Å². The summed E-state index contributed by atoms with van der Waals surface area (Å²) in [6.07, 6.45) is 4.07. The molecular formula is C14H12F2N4. The fourth-order valence-corrected chi connectivity index (χ4v) is 2.19. The number of hydrogen-bond donors (Lipinski definition) is 1. The fraction of sp³-hybridized carbons (Fsp3) is 0.143. The van der Waals surface area contributed by atoms with Crippen LogP contribution in [0.4, 0.5) is 14.7 Å². The molecule has 0 spiro atoms. The van der Waals surface area contributed by atoms with Gasteiger partial charge < -0.3 is 10.3 Å². The van der Waals surface area contributed by atoms with Crippen molar-refractivity contribution in [2.75, 3.05) is 5.73 Å². The van der Waals surface area contributed by atoms with Crippen molar-refractivity contribution in [2.45, 2.75) is 13.0 Å². The van der Waals surface area contributed by atoms with Crippen LogP contribution in [-0.2, 0) is 13.0 Å². The number of halogens is 2. The molecule has 3 aromatic rings. The van der Waals surface area contributed by atoms with Crippen LogP contribution in [0.3, 0.4) is 0 Å². The van der Waals surface area contributed by atoms with Crippen molar-refractivity contribution in [3.63, 3.8) is 0 Å². The summed E-state index contributed by atoms with van der Waals surface area (Å²) in [5.41, 5.74) is 7.32. The lowest BCUT2D eigenvalue weighted by molar-refractivity contribution is 0.589. The molecule has 0 saturated carbocycles. The minimum atomic E-state index is -0.700. The number of nitrogen functional groups attached to an aromatic ring is 1. The molecule has 2 N–H and O–H groups in total. The molecule has 4 nitrogen and oxygen atoms in total. The van der Waals surface area contributed by atoms with E-state index in [1.807, 2.05) is 12.1 Å². The molecule has 0 bridgehead atoms. The lowest BCUT2D eigenvalue weighted by Gasteiger charge is -2.06. The van der Waals surface area contributed by atoms with E-state index in [4.69, 9.17) is 5.73 Å². The Balaban J connectivity index is 1.97. The van der Waals surface area contributed by atoms with Crippen LogP contribution in [0.2, 0.25) is 0 Å². The van der Waals surface area contributed by atoms with Crippen molar-refractivity contribution < 1.29 is 8.78 Å². The van der Waals surface area contributed by atoms with Gasteiger partial charge in [0.25, 0.3) is 0 Å². The van der Waals surface area contributed by atoms with Gasteiger partial charge in [-0.25, -0.2) is 13.8 Å². The van der Waals surface area contributed by atoms with Gasteiger partial charge in [-0.3, -0.25) is 4.98 Å². The van der Waals surface area contributed by atoms with Gasteiger partial charge in [-0.15, -0.1) is 0 Å². The summed E-state index contributed by atoms with van der Waals surface area (Å²) in [6, 6.07) is 5.82. The van der Waals surface area contributed by atoms with Crippen LogP contribution in [0.15, 0.2) is 36.7 Å². The van der Waals surface area contributed by atoms with Crippen LogP contribution >= 0.6 is 0 Å². The van der Waals surface area contributed by atoms with Gasteiger partial charge in [0.2, 0.25) is 5.95 Å². The number of benzene rings is 1. The standard InChI is InChI=1S/C14H12F2N4/c15-10-7-11(16)13-12(8-10)20(14(17)19-13)6-3-9-1-4-18-5-2-9/h1-2,4-5,7-8H,3,6H2,(H2,17,19). The Labute approximate surface area is 113 Å². The van der Waals surface area contributed by atoms with E-state index in [1.165, 1.54) is 6.07 Å². The van der Waals surface area contributed by atoms with Gasteiger partial charge in [0, 0.05) is 31.1 Å². The molecule has 0 radical (unpaired) electrons. The zero-order valence-corrected chi connectivity index (χ0v) is 10.6. The number of imidazole rings is 1. The zero-order chi connectivity index (χ0) is 14.1. The van der Waals surface area contributed by atoms with Crippen molar-refractivity contribution in [3.05, 3.63) is 53.9 Å². The average molecular weight is 274 g/mol. The van der Waals surface area contributed by atoms with E-state index in [0.717, 1.165) is 11.6 Å². The number of aryl methyl sites for hydroxylation is 2. The zero-order valence-electron chi connectivity index (χ0n) is 10.6. The maximum absolute atomic E-state index is 13.6. The van der Waals surface area contributed by atoms with Crippen LogP contribution in [0.5, 0.6) is 0 Å². The second kappa shape index (κ2) is 4.88. The molecule has 102 valence electrons. The largest absolute Gasteiger partial charge is 0.369 e. The predicted molar refractivity (Wildman–Crippen MR) is 72.0 cm³/mol. The molecule has 0 aliphatic heterocycles. The molecule has 0 fully saturated rings. The van der Waals surface area contributed by atoms with Gasteiger partial charge in [-0.2, -0.15) is 0 Å². The van der Waals surface area contributed by atoms with E-state index in [0.29, 0.717) is 18.5 Å². The van der Waals surface area contributed by atoms with Gasteiger partial charge in [0.05, 0.1) is 5.52 Å². The Morgan fingerprint density at radius 1 is 1.15 bits per heavy atom. The van der Waals surface area contributed by atoms with E-state index in [9.17, 15) is 8.78 Å². The number of rotatable bonds is 3. The number of anilines is 1. The Kier molecular flexibility index (Phi) is 3.06. The van der Waals surface area contributed by atoms with E-state index < -0.39 is 11.6 Å². The molecule has 2 heterocycles. The molecule has 6 heteroatoms. The molecular weight excluding hydrogens is 262 g/mol. The minimum absolute atomic E-state index is 0.0960. The molecule has 1 aromatic carbocycles. The first-order chi connectivity index (χ1) is 9.65. The summed E-state index contributed by atoms with van der Waals surface area (Å²) < 4.78 is 28.6. The minimum Gasteiger partial charge on any atom is -0.369 e. The lowest BCUT2D eigenvalue weighted by Crippen LogP contribution is -2.05. The van der Waals surface area contributed by atoms with Gasteiger partial charge in [-0.1, -0.05) is 0 Å². The van der Waals surface area contributed by atoms with Crippen LogP contribution in [0.1, 0.15) is 5.56 Å². The van der Waals surface area contributed by atoms with Crippen molar-refractivity contribution in [1.29, 1.82) is 0 Å². The van der Waals surface area contributed by atoms with E-state index in [2.05, 4.69) is 9.97 Å². The number of aromatic nitrogens is 3. The second-order valence-corrected chi connectivity index (χ2v) is 4.48. The Morgan fingerprint density at radius 3 is 2.65 bits per heavy atom. The van der Waals surface area contributed by atoms with Gasteiger partial charge >= 0.3 is 0 Å². The first-order valence-electron chi connectivity index (χ1n) is 6.15. The third kappa shape index (κ3) is 2.20. The van der Waals surface area contributed by atoms with Crippen LogP contribution < -0.4 is 5.73 Å². The number of hydrogen-bond acceptors (Lipinski definition) is 3. The third-order valence-corrected chi connectivity index (χ3v) is 3.18. The molecule has 0 unspecified atom stereocenters. The molecule has 0 aliphatic rings. The van der Waals surface area contributed by atoms with Crippen LogP contribution in [-0.4, -0.2) is 14.5 Å². The van der Waals surface area contributed by atoms with E-state index >= 15 is 0 Å². The smallest absolute Gasteiger partial charge is 0.201 e. The molecule has 0 saturated heterocycles. The summed E-state index contributed by atoms with van der Waals surface area (Å²) in [6.45, 7) is 0.495. The third-order valence-electron chi connectivity index (χ3n) is 3.18. The van der Waals surface area contributed by atoms with Gasteiger partial charge in [-0.05, 0) is 24.1 Å². The highest BCUT2D eigenvalue weighted by Gasteiger charge is 2.13. The Hall–Kier alpha value is -2.50. The number of fused-ring (bicyclic) bond motifs is 1. The summed E-state index contributed by atoms with van der Waals surface area (Å²) in [5, 5.41) is 0. The molecule has 2 aromatic heterocycles. The van der Waals surface area contributed by atoms with Gasteiger partial charge in [0.1, 0.15) is 11.3 Å². The summed E-state index contributed by atoms with van der Waals surface area (Å²) in [7, 11) is 0. The quantitative estimate of drug-likeness (QED) is 0.798. The predicted octanol–water partition coefficient (Wildman–Crippen LogP) is 2.53. The van der Waals surface area contributed by atoms with Crippen molar-refractivity contribution >= 4 is 17.0 Å². The first kappa shape index (κ1) is 12.5. The van der Waals surface area contributed by atoms with Crippen molar-refractivity contribution in [1.82, 2.24) is 14.5 Å². The molecule has 0 amide bonds. The second-order valence-electron chi connectivity index (χ2n) is 4.48. The van der Waals surface area contributed by atoms with Crippen molar-refractivity contribution in [2.24, 2.45) is 0 Å². The Bertz CT molecular complexity index is 753. The number of nitrogens with zero attached hydrogens (tertiary/aromatic N) is 3. The van der Waals surface area contributed by atoms with Crippen LogP contribution in [0.25, 0.3) is 11.0 Å². The Morgan fingerprint density at radius 2 is 1.90 bits per heavy atom. The fourth-order valence-electron chi connectivity index (χ4n) is 2.19. The topological polar surface area (TPSA) is 56.7 Å². The molecule has 20 heavy (non-hydrogen) atoms. The van der Waals surface area contributed by atoms with E-state index in [-0.39, 0.29) is 11.5 Å². The number of pyridine rings is 1. The highest BCUT2D eigenvalue weighted by atomic mass is 19.1. The number of nitrogens with two attached hydrogens (primary N) is 1. The summed E-state index contributed by atoms with van der Waals surface area (Å²) in [4.78, 5) is 7.89. The van der Waals surface area contributed by atoms with Crippen LogP contribution in [0, 0.1) is 11.6 Å².